The second-order valence-corrected chi connectivity index (χ2v) is 2.92. The van der Waals surface area contributed by atoms with Crippen molar-refractivity contribution in [2.75, 3.05) is 0 Å². The quantitative estimate of drug-likeness (QED) is 0.743. The molecule has 0 spiro atoms. The average Bonchev–Trinajstić information content (AvgIpc) is 2.03. The second kappa shape index (κ2) is 3.70. The lowest BCUT2D eigenvalue weighted by Gasteiger charge is -2.12. The SMILES string of the molecule is Cc1ccc([C@H](N)C(F)F)c(O)c1. The molecule has 0 bridgehead atoms. The van der Waals surface area contributed by atoms with E-state index in [0.29, 0.717) is 0 Å². The molecule has 0 aromatic heterocycles. The minimum atomic E-state index is -2.66. The Balaban J connectivity index is 3.01. The minimum Gasteiger partial charge on any atom is -0.508 e. The van der Waals surface area contributed by atoms with Crippen LogP contribution in [0, 0.1) is 6.92 Å². The normalized spacial score (nSPS) is 13.3. The van der Waals surface area contributed by atoms with Gasteiger partial charge in [0.1, 0.15) is 5.75 Å². The number of nitrogens with two attached hydrogens (primary N) is 1. The molecule has 2 nitrogen and oxygen atoms in total. The largest absolute Gasteiger partial charge is 0.508 e. The maximum absolute atomic E-state index is 12.2. The number of hydrogen-bond acceptors (Lipinski definition) is 2. The number of alkyl halides is 2. The maximum Gasteiger partial charge on any atom is 0.257 e. The molecule has 0 aliphatic heterocycles. The first-order chi connectivity index (χ1) is 6.02. The van der Waals surface area contributed by atoms with E-state index in [4.69, 9.17) is 5.73 Å². The van der Waals surface area contributed by atoms with Gasteiger partial charge in [0.15, 0.2) is 0 Å². The first-order valence-corrected chi connectivity index (χ1v) is 3.85. The topological polar surface area (TPSA) is 46.2 Å². The molecule has 72 valence electrons. The second-order valence-electron chi connectivity index (χ2n) is 2.92. The molecule has 1 atom stereocenters. The van der Waals surface area contributed by atoms with Gasteiger partial charge in [-0.3, -0.25) is 0 Å². The Labute approximate surface area is 75.0 Å². The van der Waals surface area contributed by atoms with Crippen molar-refractivity contribution in [1.29, 1.82) is 0 Å². The van der Waals surface area contributed by atoms with Crippen LogP contribution in [0.1, 0.15) is 17.2 Å². The predicted octanol–water partition coefficient (Wildman–Crippen LogP) is 1.97. The van der Waals surface area contributed by atoms with E-state index in [0.717, 1.165) is 5.56 Å². The summed E-state index contributed by atoms with van der Waals surface area (Å²) in [5, 5.41) is 9.30. The Bertz CT molecular complexity index is 302. The Morgan fingerprint density at radius 3 is 2.46 bits per heavy atom. The minimum absolute atomic E-state index is 0.0839. The van der Waals surface area contributed by atoms with E-state index < -0.39 is 12.5 Å². The maximum atomic E-state index is 12.2. The number of rotatable bonds is 2. The molecule has 1 rings (SSSR count). The summed E-state index contributed by atoms with van der Waals surface area (Å²) in [5.74, 6) is -0.173. The zero-order chi connectivity index (χ0) is 10.0. The Kier molecular flexibility index (Phi) is 2.83. The third-order valence-electron chi connectivity index (χ3n) is 1.82. The summed E-state index contributed by atoms with van der Waals surface area (Å²) in [6.07, 6.45) is -2.66. The summed E-state index contributed by atoms with van der Waals surface area (Å²) in [6, 6.07) is 3.05. The van der Waals surface area contributed by atoms with Gasteiger partial charge in [-0.1, -0.05) is 12.1 Å². The molecule has 0 aliphatic rings. The summed E-state index contributed by atoms with van der Waals surface area (Å²) in [4.78, 5) is 0. The predicted molar refractivity (Wildman–Crippen MR) is 45.8 cm³/mol. The lowest BCUT2D eigenvalue weighted by molar-refractivity contribution is 0.115. The summed E-state index contributed by atoms with van der Waals surface area (Å²) < 4.78 is 24.3. The molecule has 4 heteroatoms. The molecule has 0 heterocycles. The van der Waals surface area contributed by atoms with Crippen LogP contribution in [0.2, 0.25) is 0 Å². The monoisotopic (exact) mass is 187 g/mol. The highest BCUT2D eigenvalue weighted by atomic mass is 19.3. The molecule has 3 N–H and O–H groups in total. The van der Waals surface area contributed by atoms with Crippen LogP contribution in [-0.4, -0.2) is 11.5 Å². The van der Waals surface area contributed by atoms with Crippen LogP contribution >= 0.6 is 0 Å². The van der Waals surface area contributed by atoms with Crippen molar-refractivity contribution in [1.82, 2.24) is 0 Å². The third-order valence-corrected chi connectivity index (χ3v) is 1.82. The highest BCUT2D eigenvalue weighted by Gasteiger charge is 2.20. The van der Waals surface area contributed by atoms with Crippen molar-refractivity contribution in [2.24, 2.45) is 5.73 Å². The number of halogens is 2. The van der Waals surface area contributed by atoms with E-state index in [1.165, 1.54) is 12.1 Å². The van der Waals surface area contributed by atoms with Gasteiger partial charge >= 0.3 is 0 Å². The van der Waals surface area contributed by atoms with Crippen molar-refractivity contribution < 1.29 is 13.9 Å². The van der Waals surface area contributed by atoms with Crippen molar-refractivity contribution >= 4 is 0 Å². The fourth-order valence-electron chi connectivity index (χ4n) is 1.07. The fraction of sp³-hybridized carbons (Fsp3) is 0.333. The number of aromatic hydroxyl groups is 1. The summed E-state index contributed by atoms with van der Waals surface area (Å²) >= 11 is 0. The summed E-state index contributed by atoms with van der Waals surface area (Å²) in [5.41, 5.74) is 6.07. The highest BCUT2D eigenvalue weighted by Crippen LogP contribution is 2.27. The Morgan fingerprint density at radius 2 is 2.00 bits per heavy atom. The van der Waals surface area contributed by atoms with E-state index in [2.05, 4.69) is 0 Å². The van der Waals surface area contributed by atoms with Crippen LogP contribution in [0.5, 0.6) is 5.75 Å². The van der Waals surface area contributed by atoms with Crippen molar-refractivity contribution in [3.05, 3.63) is 29.3 Å². The number of hydrogen-bond donors (Lipinski definition) is 2. The molecule has 1 aromatic rings. The molecular weight excluding hydrogens is 176 g/mol. The van der Waals surface area contributed by atoms with Gasteiger partial charge in [-0.15, -0.1) is 0 Å². The number of aryl methyl sites for hydroxylation is 1. The first kappa shape index (κ1) is 9.92. The van der Waals surface area contributed by atoms with Crippen LogP contribution in [0.25, 0.3) is 0 Å². The van der Waals surface area contributed by atoms with Gasteiger partial charge in [-0.25, -0.2) is 8.78 Å². The van der Waals surface area contributed by atoms with E-state index in [1.807, 2.05) is 0 Å². The zero-order valence-corrected chi connectivity index (χ0v) is 7.17. The van der Waals surface area contributed by atoms with Gasteiger partial charge in [0.25, 0.3) is 6.43 Å². The van der Waals surface area contributed by atoms with Gasteiger partial charge in [-0.05, 0) is 18.6 Å². The summed E-state index contributed by atoms with van der Waals surface area (Å²) in [7, 11) is 0. The van der Waals surface area contributed by atoms with E-state index in [9.17, 15) is 13.9 Å². The molecule has 0 saturated carbocycles. The lowest BCUT2D eigenvalue weighted by atomic mass is 10.1. The van der Waals surface area contributed by atoms with Crippen LogP contribution in [0.3, 0.4) is 0 Å². The zero-order valence-electron chi connectivity index (χ0n) is 7.17. The van der Waals surface area contributed by atoms with Crippen molar-refractivity contribution in [3.8, 4) is 5.75 Å². The first-order valence-electron chi connectivity index (χ1n) is 3.85. The number of phenols is 1. The average molecular weight is 187 g/mol. The molecule has 13 heavy (non-hydrogen) atoms. The molecule has 0 saturated heterocycles. The summed E-state index contributed by atoms with van der Waals surface area (Å²) in [6.45, 7) is 1.76. The molecule has 0 fully saturated rings. The molecule has 0 radical (unpaired) electrons. The van der Waals surface area contributed by atoms with Gasteiger partial charge in [-0.2, -0.15) is 0 Å². The van der Waals surface area contributed by atoms with E-state index in [1.54, 1.807) is 13.0 Å². The van der Waals surface area contributed by atoms with Gasteiger partial charge < -0.3 is 10.8 Å². The van der Waals surface area contributed by atoms with Crippen LogP contribution in [0.4, 0.5) is 8.78 Å². The van der Waals surface area contributed by atoms with Gasteiger partial charge in [0.05, 0.1) is 6.04 Å². The molecule has 0 unspecified atom stereocenters. The van der Waals surface area contributed by atoms with E-state index in [-0.39, 0.29) is 11.3 Å². The Morgan fingerprint density at radius 1 is 1.38 bits per heavy atom. The van der Waals surface area contributed by atoms with Crippen LogP contribution in [-0.2, 0) is 0 Å². The number of benzene rings is 1. The smallest absolute Gasteiger partial charge is 0.257 e. The Hall–Kier alpha value is -1.16. The lowest BCUT2D eigenvalue weighted by Crippen LogP contribution is -2.18. The van der Waals surface area contributed by atoms with Crippen LogP contribution < -0.4 is 5.73 Å². The van der Waals surface area contributed by atoms with Crippen LogP contribution in [0.15, 0.2) is 18.2 Å². The standard InChI is InChI=1S/C9H11F2NO/c1-5-2-3-6(7(13)4-5)8(12)9(10)11/h2-4,8-9,13H,12H2,1H3/t8-/m0/s1. The molecular formula is C9H11F2NO. The molecule has 1 aromatic carbocycles. The fourth-order valence-corrected chi connectivity index (χ4v) is 1.07. The van der Waals surface area contributed by atoms with Crippen molar-refractivity contribution in [2.45, 2.75) is 19.4 Å². The van der Waals surface area contributed by atoms with E-state index >= 15 is 0 Å². The highest BCUT2D eigenvalue weighted by molar-refractivity contribution is 5.38. The van der Waals surface area contributed by atoms with Crippen molar-refractivity contribution in [3.63, 3.8) is 0 Å². The number of phenolic OH excluding ortho intramolecular Hbond substituents is 1. The van der Waals surface area contributed by atoms with Gasteiger partial charge in [0, 0.05) is 5.56 Å². The van der Waals surface area contributed by atoms with Gasteiger partial charge in [0.2, 0.25) is 0 Å². The third kappa shape index (κ3) is 2.15. The molecule has 0 amide bonds. The molecule has 0 aliphatic carbocycles.